The van der Waals surface area contributed by atoms with Crippen LogP contribution in [-0.4, -0.2) is 15.9 Å². The van der Waals surface area contributed by atoms with Crippen molar-refractivity contribution in [1.29, 1.82) is 0 Å². The van der Waals surface area contributed by atoms with Crippen molar-refractivity contribution in [2.45, 2.75) is 25.6 Å². The molecule has 0 saturated carbocycles. The predicted molar refractivity (Wildman–Crippen MR) is 81.8 cm³/mol. The Labute approximate surface area is 141 Å². The number of benzene rings is 1. The minimum Gasteiger partial charge on any atom is -0.392 e. The molecule has 3 rings (SSSR count). The SMILES string of the molecule is O=C1c2cc(CO)c(Cl)cc2CC1Cc1ncccc1C(F)(F)F. The Hall–Kier alpha value is -1.92. The molecule has 2 aromatic rings. The van der Waals surface area contributed by atoms with Gasteiger partial charge in [-0.15, -0.1) is 0 Å². The van der Waals surface area contributed by atoms with Crippen LogP contribution in [0.2, 0.25) is 5.02 Å². The standard InChI is InChI=1S/C17H13ClF3NO2/c18-14-6-9-4-10(16(24)12(9)5-11(14)8-23)7-15-13(17(19,20)21)2-1-3-22-15/h1-3,5-6,10,23H,4,7-8H2. The van der Waals surface area contributed by atoms with E-state index >= 15 is 0 Å². The van der Waals surface area contributed by atoms with E-state index < -0.39 is 17.7 Å². The first-order valence-electron chi connectivity index (χ1n) is 7.28. The zero-order valence-corrected chi connectivity index (χ0v) is 13.2. The Bertz CT molecular complexity index is 805. The summed E-state index contributed by atoms with van der Waals surface area (Å²) in [5.74, 6) is -0.851. The number of carbonyl (C=O) groups is 1. The summed E-state index contributed by atoms with van der Waals surface area (Å²) >= 11 is 6.02. The van der Waals surface area contributed by atoms with Gasteiger partial charge in [-0.1, -0.05) is 11.6 Å². The number of alkyl halides is 3. The number of hydrogen-bond acceptors (Lipinski definition) is 3. The molecule has 0 aliphatic heterocycles. The smallest absolute Gasteiger partial charge is 0.392 e. The van der Waals surface area contributed by atoms with E-state index in [9.17, 15) is 23.1 Å². The molecule has 0 radical (unpaired) electrons. The molecule has 0 saturated heterocycles. The monoisotopic (exact) mass is 355 g/mol. The number of hydrogen-bond donors (Lipinski definition) is 1. The van der Waals surface area contributed by atoms with Crippen molar-refractivity contribution in [3.8, 4) is 0 Å². The second-order valence-electron chi connectivity index (χ2n) is 5.72. The third-order valence-electron chi connectivity index (χ3n) is 4.18. The lowest BCUT2D eigenvalue weighted by molar-refractivity contribution is -0.138. The summed E-state index contributed by atoms with van der Waals surface area (Å²) in [6, 6.07) is 5.31. The minimum absolute atomic E-state index is 0.0880. The van der Waals surface area contributed by atoms with E-state index in [0.717, 1.165) is 6.07 Å². The second-order valence-corrected chi connectivity index (χ2v) is 6.13. The van der Waals surface area contributed by atoms with Crippen molar-refractivity contribution in [1.82, 2.24) is 4.98 Å². The van der Waals surface area contributed by atoms with E-state index in [1.165, 1.54) is 18.3 Å². The molecule has 0 fully saturated rings. The van der Waals surface area contributed by atoms with Crippen molar-refractivity contribution in [2.24, 2.45) is 5.92 Å². The highest BCUT2D eigenvalue weighted by atomic mass is 35.5. The molecule has 3 nitrogen and oxygen atoms in total. The number of pyridine rings is 1. The summed E-state index contributed by atoms with van der Waals surface area (Å²) in [5, 5.41) is 9.58. The maximum atomic E-state index is 13.1. The van der Waals surface area contributed by atoms with Crippen molar-refractivity contribution in [3.63, 3.8) is 0 Å². The number of aliphatic hydroxyl groups is 1. The van der Waals surface area contributed by atoms with Crippen molar-refractivity contribution < 1.29 is 23.1 Å². The number of fused-ring (bicyclic) bond motifs is 1. The molecular weight excluding hydrogens is 343 g/mol. The number of rotatable bonds is 3. The summed E-state index contributed by atoms with van der Waals surface area (Å²) in [6.07, 6.45) is -2.99. The van der Waals surface area contributed by atoms with Crippen LogP contribution in [0.4, 0.5) is 13.2 Å². The highest BCUT2D eigenvalue weighted by molar-refractivity contribution is 6.31. The van der Waals surface area contributed by atoms with Gasteiger partial charge in [-0.2, -0.15) is 13.2 Å². The Morgan fingerprint density at radius 1 is 1.33 bits per heavy atom. The van der Waals surface area contributed by atoms with Crippen LogP contribution in [0.1, 0.15) is 32.7 Å². The zero-order valence-electron chi connectivity index (χ0n) is 12.4. The van der Waals surface area contributed by atoms with Gasteiger partial charge >= 0.3 is 6.18 Å². The normalized spacial score (nSPS) is 17.2. The van der Waals surface area contributed by atoms with Gasteiger partial charge < -0.3 is 5.11 Å². The Morgan fingerprint density at radius 3 is 2.75 bits per heavy atom. The highest BCUT2D eigenvalue weighted by Gasteiger charge is 2.37. The Morgan fingerprint density at radius 2 is 2.08 bits per heavy atom. The number of carbonyl (C=O) groups excluding carboxylic acids is 1. The van der Waals surface area contributed by atoms with Crippen LogP contribution in [0, 0.1) is 5.92 Å². The molecule has 0 spiro atoms. The van der Waals surface area contributed by atoms with Gasteiger partial charge in [0.1, 0.15) is 0 Å². The number of halogens is 4. The quantitative estimate of drug-likeness (QED) is 0.910. The minimum atomic E-state index is -4.51. The number of ketones is 1. The summed E-state index contributed by atoms with van der Waals surface area (Å²) < 4.78 is 39.2. The molecule has 1 aliphatic rings. The molecular formula is C17H13ClF3NO2. The lowest BCUT2D eigenvalue weighted by Gasteiger charge is -2.13. The molecule has 1 unspecified atom stereocenters. The van der Waals surface area contributed by atoms with Crippen LogP contribution in [0.15, 0.2) is 30.5 Å². The molecule has 1 heterocycles. The first kappa shape index (κ1) is 16.9. The summed E-state index contributed by atoms with van der Waals surface area (Å²) in [4.78, 5) is 16.3. The lowest BCUT2D eigenvalue weighted by atomic mass is 9.96. The number of aromatic nitrogens is 1. The maximum absolute atomic E-state index is 13.1. The van der Waals surface area contributed by atoms with Crippen molar-refractivity contribution in [3.05, 3.63) is 63.4 Å². The third-order valence-corrected chi connectivity index (χ3v) is 4.53. The largest absolute Gasteiger partial charge is 0.418 e. The Balaban J connectivity index is 1.90. The molecule has 7 heteroatoms. The number of nitrogens with zero attached hydrogens (tertiary/aromatic N) is 1. The fourth-order valence-electron chi connectivity index (χ4n) is 3.01. The molecule has 1 N–H and O–H groups in total. The van der Waals surface area contributed by atoms with Gasteiger partial charge in [0, 0.05) is 29.1 Å². The molecule has 126 valence electrons. The van der Waals surface area contributed by atoms with Gasteiger partial charge in [0.25, 0.3) is 0 Å². The zero-order chi connectivity index (χ0) is 17.5. The molecule has 1 aliphatic carbocycles. The molecule has 1 atom stereocenters. The number of Topliss-reactive ketones (excluding diaryl/α,β-unsaturated/α-hetero) is 1. The van der Waals surface area contributed by atoms with Crippen LogP contribution in [-0.2, 0) is 25.6 Å². The van der Waals surface area contributed by atoms with Crippen molar-refractivity contribution >= 4 is 17.4 Å². The lowest BCUT2D eigenvalue weighted by Crippen LogP contribution is -2.17. The first-order chi connectivity index (χ1) is 11.3. The predicted octanol–water partition coefficient (Wildman–Crippen LogP) is 3.84. The molecule has 0 bridgehead atoms. The van der Waals surface area contributed by atoms with E-state index in [0.29, 0.717) is 28.1 Å². The number of aliphatic hydroxyl groups excluding tert-OH is 1. The van der Waals surface area contributed by atoms with Crippen LogP contribution < -0.4 is 0 Å². The molecule has 0 amide bonds. The van der Waals surface area contributed by atoms with Crippen LogP contribution in [0.5, 0.6) is 0 Å². The first-order valence-corrected chi connectivity index (χ1v) is 7.66. The van der Waals surface area contributed by atoms with E-state index in [1.807, 2.05) is 0 Å². The summed E-state index contributed by atoms with van der Waals surface area (Å²) in [6.45, 7) is -0.303. The van der Waals surface area contributed by atoms with E-state index in [-0.39, 0.29) is 24.5 Å². The third kappa shape index (κ3) is 3.03. The molecule has 1 aromatic carbocycles. The van der Waals surface area contributed by atoms with Crippen molar-refractivity contribution in [2.75, 3.05) is 0 Å². The average molecular weight is 356 g/mol. The molecule has 24 heavy (non-hydrogen) atoms. The van der Waals surface area contributed by atoms with E-state index in [2.05, 4.69) is 4.98 Å². The van der Waals surface area contributed by atoms with Crippen LogP contribution >= 0.6 is 11.6 Å². The summed E-state index contributed by atoms with van der Waals surface area (Å²) in [5.41, 5.74) is 0.584. The average Bonchev–Trinajstić information content (AvgIpc) is 2.81. The van der Waals surface area contributed by atoms with Crippen LogP contribution in [0.3, 0.4) is 0 Å². The van der Waals surface area contributed by atoms with Gasteiger partial charge in [-0.05, 0) is 41.8 Å². The van der Waals surface area contributed by atoms with Gasteiger partial charge in [0.15, 0.2) is 5.78 Å². The van der Waals surface area contributed by atoms with Crippen LogP contribution in [0.25, 0.3) is 0 Å². The van der Waals surface area contributed by atoms with E-state index in [4.69, 9.17) is 11.6 Å². The highest BCUT2D eigenvalue weighted by Crippen LogP contribution is 2.36. The fraction of sp³-hybridized carbons (Fsp3) is 0.294. The van der Waals surface area contributed by atoms with Gasteiger partial charge in [-0.3, -0.25) is 9.78 Å². The fourth-order valence-corrected chi connectivity index (χ4v) is 3.26. The molecule has 1 aromatic heterocycles. The second kappa shape index (κ2) is 6.18. The summed E-state index contributed by atoms with van der Waals surface area (Å²) in [7, 11) is 0. The van der Waals surface area contributed by atoms with Gasteiger partial charge in [0.2, 0.25) is 0 Å². The van der Waals surface area contributed by atoms with E-state index in [1.54, 1.807) is 6.07 Å². The Kier molecular flexibility index (Phi) is 4.36. The topological polar surface area (TPSA) is 50.2 Å². The maximum Gasteiger partial charge on any atom is 0.418 e. The van der Waals surface area contributed by atoms with Gasteiger partial charge in [0.05, 0.1) is 17.9 Å². The van der Waals surface area contributed by atoms with Gasteiger partial charge in [-0.25, -0.2) is 0 Å².